The van der Waals surface area contributed by atoms with Crippen LogP contribution in [0.4, 0.5) is 15.8 Å². The Kier molecular flexibility index (Phi) is 2.99. The summed E-state index contributed by atoms with van der Waals surface area (Å²) in [6, 6.07) is 3.06. The summed E-state index contributed by atoms with van der Waals surface area (Å²) in [5.41, 5.74) is 1.38. The molecule has 0 spiro atoms. The zero-order valence-electron chi connectivity index (χ0n) is 9.58. The van der Waals surface area contributed by atoms with Gasteiger partial charge in [-0.05, 0) is 22.0 Å². The van der Waals surface area contributed by atoms with Gasteiger partial charge in [0.05, 0.1) is 35.1 Å². The zero-order chi connectivity index (χ0) is 12.7. The lowest BCUT2D eigenvalue weighted by atomic mass is 10.1. The monoisotopic (exact) mass is 314 g/mol. The molecule has 0 aromatic heterocycles. The molecule has 1 aromatic carbocycles. The zero-order valence-corrected chi connectivity index (χ0v) is 11.2. The quantitative estimate of drug-likeness (QED) is 0.797. The van der Waals surface area contributed by atoms with Crippen molar-refractivity contribution in [3.63, 3.8) is 0 Å². The van der Waals surface area contributed by atoms with Crippen molar-refractivity contribution in [2.45, 2.75) is 12.5 Å². The minimum atomic E-state index is -0.324. The molecule has 1 saturated heterocycles. The van der Waals surface area contributed by atoms with Crippen LogP contribution in [0.25, 0.3) is 0 Å². The number of carbonyl (C=O) groups excluding carboxylic acids is 1. The number of rotatable bonds is 0. The van der Waals surface area contributed by atoms with E-state index in [1.54, 1.807) is 6.07 Å². The van der Waals surface area contributed by atoms with E-state index in [1.165, 1.54) is 6.07 Å². The summed E-state index contributed by atoms with van der Waals surface area (Å²) in [5, 5.41) is 2.81. The number of nitrogens with one attached hydrogen (secondary N) is 1. The van der Waals surface area contributed by atoms with Crippen LogP contribution in [-0.4, -0.2) is 31.7 Å². The number of anilines is 2. The number of carbonyl (C=O) groups is 1. The molecule has 0 aliphatic carbocycles. The molecule has 18 heavy (non-hydrogen) atoms. The fourth-order valence-electron chi connectivity index (χ4n) is 2.43. The molecule has 96 valence electrons. The Morgan fingerprint density at radius 3 is 3.17 bits per heavy atom. The molecule has 2 heterocycles. The number of hydrogen-bond donors (Lipinski definition) is 1. The summed E-state index contributed by atoms with van der Waals surface area (Å²) in [7, 11) is 0. The summed E-state index contributed by atoms with van der Waals surface area (Å²) in [6.07, 6.45) is 0.369. The third kappa shape index (κ3) is 1.99. The van der Waals surface area contributed by atoms with Crippen molar-refractivity contribution in [3.05, 3.63) is 22.4 Å². The van der Waals surface area contributed by atoms with Crippen molar-refractivity contribution in [2.24, 2.45) is 0 Å². The van der Waals surface area contributed by atoms with Gasteiger partial charge >= 0.3 is 0 Å². The van der Waals surface area contributed by atoms with Gasteiger partial charge < -0.3 is 15.0 Å². The van der Waals surface area contributed by atoms with Crippen LogP contribution < -0.4 is 10.2 Å². The number of hydrogen-bond acceptors (Lipinski definition) is 3. The molecule has 3 rings (SSSR count). The first kappa shape index (κ1) is 11.9. The highest BCUT2D eigenvalue weighted by atomic mass is 79.9. The van der Waals surface area contributed by atoms with Crippen molar-refractivity contribution >= 4 is 33.2 Å². The minimum absolute atomic E-state index is 0.0134. The summed E-state index contributed by atoms with van der Waals surface area (Å²) in [5.74, 6) is -0.386. The van der Waals surface area contributed by atoms with E-state index in [1.807, 2.05) is 4.90 Å². The van der Waals surface area contributed by atoms with Crippen LogP contribution >= 0.6 is 15.9 Å². The van der Waals surface area contributed by atoms with Crippen molar-refractivity contribution in [3.8, 4) is 0 Å². The van der Waals surface area contributed by atoms with Gasteiger partial charge in [0, 0.05) is 19.0 Å². The Bertz CT molecular complexity index is 509. The van der Waals surface area contributed by atoms with Gasteiger partial charge in [0.15, 0.2) is 0 Å². The average molecular weight is 315 g/mol. The van der Waals surface area contributed by atoms with E-state index in [0.29, 0.717) is 36.3 Å². The molecular formula is C12H12BrFN2O2. The van der Waals surface area contributed by atoms with Crippen molar-refractivity contribution < 1.29 is 13.9 Å². The SMILES string of the molecule is O=C1CC2COCCN2c2cc(F)c(Br)cc2N1. The minimum Gasteiger partial charge on any atom is -0.377 e. The molecule has 1 unspecified atom stereocenters. The number of morpholine rings is 1. The molecule has 0 bridgehead atoms. The van der Waals surface area contributed by atoms with Crippen molar-refractivity contribution in [1.29, 1.82) is 0 Å². The molecule has 4 nitrogen and oxygen atoms in total. The average Bonchev–Trinajstić information content (AvgIpc) is 2.46. The molecule has 1 amide bonds. The number of benzene rings is 1. The highest BCUT2D eigenvalue weighted by Crippen LogP contribution is 2.36. The Hall–Kier alpha value is -1.14. The van der Waals surface area contributed by atoms with Gasteiger partial charge in [0.25, 0.3) is 0 Å². The second kappa shape index (κ2) is 4.51. The fraction of sp³-hybridized carbons (Fsp3) is 0.417. The molecule has 1 atom stereocenters. The number of amides is 1. The third-order valence-electron chi connectivity index (χ3n) is 3.27. The Morgan fingerprint density at radius 1 is 1.50 bits per heavy atom. The predicted octanol–water partition coefficient (Wildman–Crippen LogP) is 2.14. The van der Waals surface area contributed by atoms with Crippen LogP contribution in [0.15, 0.2) is 16.6 Å². The smallest absolute Gasteiger partial charge is 0.226 e. The Balaban J connectivity index is 2.09. The standard InChI is InChI=1S/C12H12BrFN2O2/c13-8-4-10-11(5-9(8)14)16-1-2-18-6-7(16)3-12(17)15-10/h4-5,7H,1-3,6H2,(H,15,17). The third-order valence-corrected chi connectivity index (χ3v) is 3.88. The summed E-state index contributed by atoms with van der Waals surface area (Å²) in [6.45, 7) is 1.78. The largest absolute Gasteiger partial charge is 0.377 e. The van der Waals surface area contributed by atoms with Crippen LogP contribution in [0.5, 0.6) is 0 Å². The lowest BCUT2D eigenvalue weighted by molar-refractivity contribution is -0.116. The molecule has 6 heteroatoms. The van der Waals surface area contributed by atoms with E-state index < -0.39 is 0 Å². The first-order valence-electron chi connectivity index (χ1n) is 5.78. The lowest BCUT2D eigenvalue weighted by Crippen LogP contribution is -2.45. The van der Waals surface area contributed by atoms with Crippen molar-refractivity contribution in [1.82, 2.24) is 0 Å². The van der Waals surface area contributed by atoms with Crippen LogP contribution in [-0.2, 0) is 9.53 Å². The number of halogens is 2. The molecule has 0 radical (unpaired) electrons. The number of nitrogens with zero attached hydrogens (tertiary/aromatic N) is 1. The van der Waals surface area contributed by atoms with Crippen LogP contribution in [0.3, 0.4) is 0 Å². The summed E-state index contributed by atoms with van der Waals surface area (Å²) >= 11 is 3.14. The van der Waals surface area contributed by atoms with Gasteiger partial charge in [-0.3, -0.25) is 4.79 Å². The fourth-order valence-corrected chi connectivity index (χ4v) is 2.77. The van der Waals surface area contributed by atoms with E-state index in [4.69, 9.17) is 4.74 Å². The molecule has 2 aliphatic heterocycles. The van der Waals surface area contributed by atoms with E-state index in [2.05, 4.69) is 21.2 Å². The van der Waals surface area contributed by atoms with E-state index in [-0.39, 0.29) is 17.8 Å². The van der Waals surface area contributed by atoms with Gasteiger partial charge in [-0.15, -0.1) is 0 Å². The molecular weight excluding hydrogens is 303 g/mol. The molecule has 2 aliphatic rings. The number of ether oxygens (including phenoxy) is 1. The van der Waals surface area contributed by atoms with Gasteiger partial charge in [-0.25, -0.2) is 4.39 Å². The molecule has 0 saturated carbocycles. The molecule has 1 aromatic rings. The Morgan fingerprint density at radius 2 is 2.33 bits per heavy atom. The maximum absolute atomic E-state index is 13.7. The second-order valence-corrected chi connectivity index (χ2v) is 5.31. The molecule has 1 fully saturated rings. The van der Waals surface area contributed by atoms with Crippen LogP contribution in [0.2, 0.25) is 0 Å². The van der Waals surface area contributed by atoms with E-state index in [9.17, 15) is 9.18 Å². The van der Waals surface area contributed by atoms with Gasteiger partial charge in [-0.2, -0.15) is 0 Å². The number of fused-ring (bicyclic) bond motifs is 3. The lowest BCUT2D eigenvalue weighted by Gasteiger charge is -2.36. The van der Waals surface area contributed by atoms with Gasteiger partial charge in [0.2, 0.25) is 5.91 Å². The summed E-state index contributed by atoms with van der Waals surface area (Å²) in [4.78, 5) is 13.8. The van der Waals surface area contributed by atoms with Crippen LogP contribution in [0, 0.1) is 5.82 Å². The first-order valence-corrected chi connectivity index (χ1v) is 6.58. The van der Waals surface area contributed by atoms with E-state index >= 15 is 0 Å². The van der Waals surface area contributed by atoms with Gasteiger partial charge in [0.1, 0.15) is 5.82 Å². The van der Waals surface area contributed by atoms with Crippen molar-refractivity contribution in [2.75, 3.05) is 30.0 Å². The van der Waals surface area contributed by atoms with Crippen LogP contribution in [0.1, 0.15) is 6.42 Å². The summed E-state index contributed by atoms with van der Waals surface area (Å²) < 4.78 is 19.4. The maximum Gasteiger partial charge on any atom is 0.226 e. The normalized spacial score (nSPS) is 22.9. The topological polar surface area (TPSA) is 41.6 Å². The predicted molar refractivity (Wildman–Crippen MR) is 69.3 cm³/mol. The van der Waals surface area contributed by atoms with Gasteiger partial charge in [-0.1, -0.05) is 0 Å². The Labute approximate surface area is 112 Å². The second-order valence-electron chi connectivity index (χ2n) is 4.46. The molecule has 1 N–H and O–H groups in total. The van der Waals surface area contributed by atoms with E-state index in [0.717, 1.165) is 5.69 Å². The highest BCUT2D eigenvalue weighted by Gasteiger charge is 2.31. The first-order chi connectivity index (χ1) is 8.65. The maximum atomic E-state index is 13.7. The highest BCUT2D eigenvalue weighted by molar-refractivity contribution is 9.10.